The minimum absolute atomic E-state index is 0.628. The Kier molecular flexibility index (Phi) is 6.01. The van der Waals surface area contributed by atoms with Crippen molar-refractivity contribution in [2.45, 2.75) is 89.5 Å². The molecule has 23 heavy (non-hydrogen) atoms. The Morgan fingerprint density at radius 2 is 1.39 bits per heavy atom. The number of hydrogen-bond acceptors (Lipinski definition) is 2. The van der Waals surface area contributed by atoms with Gasteiger partial charge < -0.3 is 10.8 Å². The smallest absolute Gasteiger partial charge is 0.320 e. The molecule has 1 atom stereocenters. The molecule has 0 spiro atoms. The van der Waals surface area contributed by atoms with Gasteiger partial charge in [-0.2, -0.15) is 0 Å². The minimum Gasteiger partial charge on any atom is -0.480 e. The summed E-state index contributed by atoms with van der Waals surface area (Å²) in [5.74, 6) is 4.58. The van der Waals surface area contributed by atoms with E-state index in [1.165, 1.54) is 32.1 Å². The molecular formula is C20H35NO2. The molecule has 0 radical (unpaired) electrons. The molecule has 0 amide bonds. The summed E-state index contributed by atoms with van der Waals surface area (Å²) >= 11 is 0. The molecule has 0 aliphatic heterocycles. The van der Waals surface area contributed by atoms with Crippen LogP contribution in [-0.2, 0) is 4.79 Å². The summed E-state index contributed by atoms with van der Waals surface area (Å²) in [5.41, 5.74) is 5.52. The van der Waals surface area contributed by atoms with Crippen LogP contribution < -0.4 is 5.73 Å². The zero-order valence-corrected chi connectivity index (χ0v) is 14.6. The summed E-state index contributed by atoms with van der Waals surface area (Å²) in [5, 5.41) is 8.74. The van der Waals surface area contributed by atoms with Crippen LogP contribution in [0.25, 0.3) is 0 Å². The molecule has 4 rings (SSSR count). The minimum atomic E-state index is -0.860. The summed E-state index contributed by atoms with van der Waals surface area (Å²) in [6.45, 7) is 0. The first-order valence-corrected chi connectivity index (χ1v) is 10.1. The normalized spacial score (nSPS) is 36.3. The average Bonchev–Trinajstić information content (AvgIpc) is 2.51. The number of hydrogen-bond donors (Lipinski definition) is 2. The second-order valence-electron chi connectivity index (χ2n) is 8.74. The molecule has 3 heteroatoms. The van der Waals surface area contributed by atoms with Gasteiger partial charge in [-0.15, -0.1) is 0 Å². The molecule has 0 aromatic carbocycles. The summed E-state index contributed by atoms with van der Waals surface area (Å²) < 4.78 is 0. The first kappa shape index (κ1) is 17.3. The van der Waals surface area contributed by atoms with Crippen molar-refractivity contribution >= 4 is 5.97 Å². The number of unbranched alkanes of at least 4 members (excludes halogenated alkanes) is 5. The lowest BCUT2D eigenvalue weighted by atomic mass is 9.51. The first-order chi connectivity index (χ1) is 11.1. The molecule has 0 aromatic heterocycles. The zero-order chi connectivity index (χ0) is 16.2. The lowest BCUT2D eigenvalue weighted by Crippen LogP contribution is -2.44. The van der Waals surface area contributed by atoms with Crippen molar-refractivity contribution in [1.29, 1.82) is 0 Å². The average molecular weight is 322 g/mol. The van der Waals surface area contributed by atoms with Gasteiger partial charge in [0.2, 0.25) is 0 Å². The molecule has 3 N–H and O–H groups in total. The monoisotopic (exact) mass is 321 g/mol. The molecule has 4 fully saturated rings. The van der Waals surface area contributed by atoms with Crippen LogP contribution >= 0.6 is 0 Å². The molecule has 4 aliphatic carbocycles. The van der Waals surface area contributed by atoms with Crippen LogP contribution in [0.3, 0.4) is 0 Å². The third kappa shape index (κ3) is 4.49. The molecule has 3 nitrogen and oxygen atoms in total. The largest absolute Gasteiger partial charge is 0.480 e. The maximum absolute atomic E-state index is 10.6. The van der Waals surface area contributed by atoms with E-state index in [0.29, 0.717) is 6.42 Å². The molecular weight excluding hydrogens is 286 g/mol. The van der Waals surface area contributed by atoms with Gasteiger partial charge in [0, 0.05) is 0 Å². The first-order valence-electron chi connectivity index (χ1n) is 10.1. The summed E-state index contributed by atoms with van der Waals surface area (Å²) in [6, 6.07) is -0.660. The number of rotatable bonds is 10. The van der Waals surface area contributed by atoms with Crippen molar-refractivity contribution in [2.75, 3.05) is 0 Å². The Balaban J connectivity index is 1.22. The number of aliphatic carboxylic acids is 1. The van der Waals surface area contributed by atoms with E-state index in [2.05, 4.69) is 0 Å². The van der Waals surface area contributed by atoms with Crippen molar-refractivity contribution in [3.63, 3.8) is 0 Å². The molecule has 4 aliphatic rings. The molecule has 1 unspecified atom stereocenters. The quantitative estimate of drug-likeness (QED) is 0.578. The van der Waals surface area contributed by atoms with E-state index < -0.39 is 12.0 Å². The second-order valence-corrected chi connectivity index (χ2v) is 8.74. The van der Waals surface area contributed by atoms with Crippen LogP contribution in [0.15, 0.2) is 0 Å². The Hall–Kier alpha value is -0.570. The number of carboxylic acids is 1. The van der Waals surface area contributed by atoms with Gasteiger partial charge in [-0.25, -0.2) is 0 Å². The molecule has 132 valence electrons. The van der Waals surface area contributed by atoms with Crippen molar-refractivity contribution in [2.24, 2.45) is 35.3 Å². The van der Waals surface area contributed by atoms with E-state index in [-0.39, 0.29) is 0 Å². The molecule has 4 saturated carbocycles. The van der Waals surface area contributed by atoms with Crippen molar-refractivity contribution in [1.82, 2.24) is 0 Å². The fourth-order valence-electron chi connectivity index (χ4n) is 6.08. The van der Waals surface area contributed by atoms with Crippen LogP contribution in [0.4, 0.5) is 0 Å². The highest BCUT2D eigenvalue weighted by Gasteiger charge is 2.47. The maximum atomic E-state index is 10.6. The van der Waals surface area contributed by atoms with E-state index in [1.807, 2.05) is 0 Å². The summed E-state index contributed by atoms with van der Waals surface area (Å²) in [7, 11) is 0. The van der Waals surface area contributed by atoms with E-state index in [0.717, 1.165) is 42.4 Å². The highest BCUT2D eigenvalue weighted by atomic mass is 16.4. The van der Waals surface area contributed by atoms with Crippen molar-refractivity contribution < 1.29 is 9.90 Å². The zero-order valence-electron chi connectivity index (χ0n) is 14.6. The summed E-state index contributed by atoms with van der Waals surface area (Å²) in [6.07, 6.45) is 17.3. The van der Waals surface area contributed by atoms with Crippen LogP contribution in [0.1, 0.15) is 83.5 Å². The molecule has 4 bridgehead atoms. The third-order valence-corrected chi connectivity index (χ3v) is 7.04. The number of carboxylic acid groups (broad SMARTS) is 1. The van der Waals surface area contributed by atoms with E-state index in [9.17, 15) is 4.79 Å². The molecule has 0 aromatic rings. The fraction of sp³-hybridized carbons (Fsp3) is 0.950. The second kappa shape index (κ2) is 8.00. The highest BCUT2D eigenvalue weighted by molar-refractivity contribution is 5.72. The molecule has 0 heterocycles. The summed E-state index contributed by atoms with van der Waals surface area (Å²) in [4.78, 5) is 10.6. The van der Waals surface area contributed by atoms with Crippen LogP contribution in [-0.4, -0.2) is 17.1 Å². The number of nitrogens with two attached hydrogens (primary N) is 1. The van der Waals surface area contributed by atoms with Gasteiger partial charge in [-0.05, 0) is 74.5 Å². The predicted molar refractivity (Wildman–Crippen MR) is 93.1 cm³/mol. The van der Waals surface area contributed by atoms with E-state index in [1.54, 1.807) is 32.1 Å². The van der Waals surface area contributed by atoms with E-state index in [4.69, 9.17) is 10.8 Å². The van der Waals surface area contributed by atoms with Crippen LogP contribution in [0.2, 0.25) is 0 Å². The van der Waals surface area contributed by atoms with Gasteiger partial charge in [0.05, 0.1) is 0 Å². The van der Waals surface area contributed by atoms with Crippen LogP contribution in [0, 0.1) is 29.6 Å². The highest BCUT2D eigenvalue weighted by Crippen LogP contribution is 2.57. The SMILES string of the molecule is NC(CCCCCCCCC1C2CC3CC(C2)CC1C3)C(=O)O. The standard InChI is InChI=1S/C20H35NO2/c21-19(20(22)23)8-6-4-2-1-3-5-7-18-16-10-14-9-15(12-16)13-17(18)11-14/h14-19H,1-13,21H2,(H,22,23). The van der Waals surface area contributed by atoms with Gasteiger partial charge in [-0.1, -0.05) is 38.5 Å². The van der Waals surface area contributed by atoms with Crippen molar-refractivity contribution in [3.05, 3.63) is 0 Å². The lowest BCUT2D eigenvalue weighted by Gasteiger charge is -2.54. The topological polar surface area (TPSA) is 63.3 Å². The van der Waals surface area contributed by atoms with Gasteiger partial charge in [0.25, 0.3) is 0 Å². The number of carbonyl (C=O) groups is 1. The Morgan fingerprint density at radius 3 is 1.96 bits per heavy atom. The van der Waals surface area contributed by atoms with Crippen molar-refractivity contribution in [3.8, 4) is 0 Å². The lowest BCUT2D eigenvalue weighted by molar-refractivity contribution is -0.138. The fourth-order valence-corrected chi connectivity index (χ4v) is 6.08. The van der Waals surface area contributed by atoms with Crippen LogP contribution in [0.5, 0.6) is 0 Å². The van der Waals surface area contributed by atoms with Gasteiger partial charge >= 0.3 is 5.97 Å². The Bertz CT molecular complexity index is 367. The van der Waals surface area contributed by atoms with Gasteiger partial charge in [0.1, 0.15) is 6.04 Å². The maximum Gasteiger partial charge on any atom is 0.320 e. The van der Waals surface area contributed by atoms with Gasteiger partial charge in [0.15, 0.2) is 0 Å². The predicted octanol–water partition coefficient (Wildman–Crippen LogP) is 4.59. The van der Waals surface area contributed by atoms with E-state index >= 15 is 0 Å². The third-order valence-electron chi connectivity index (χ3n) is 7.04. The molecule has 0 saturated heterocycles. The Labute approximate surface area is 141 Å². The van der Waals surface area contributed by atoms with Gasteiger partial charge in [-0.3, -0.25) is 4.79 Å². The Morgan fingerprint density at radius 1 is 0.870 bits per heavy atom.